The lowest BCUT2D eigenvalue weighted by Gasteiger charge is -2.22. The van der Waals surface area contributed by atoms with Crippen molar-refractivity contribution in [2.75, 3.05) is 0 Å². The minimum atomic E-state index is -0.469. The SMILES string of the molecule is CC#CCCC(C)(O)C1CC1C. The van der Waals surface area contributed by atoms with E-state index in [1.165, 1.54) is 6.42 Å². The lowest BCUT2D eigenvalue weighted by atomic mass is 9.93. The Labute approximate surface area is 75.2 Å². The van der Waals surface area contributed by atoms with Gasteiger partial charge in [-0.2, -0.15) is 0 Å². The first-order valence-electron chi connectivity index (χ1n) is 4.70. The zero-order chi connectivity index (χ0) is 9.19. The molecule has 1 aliphatic rings. The molecule has 0 saturated heterocycles. The lowest BCUT2D eigenvalue weighted by molar-refractivity contribution is 0.0250. The summed E-state index contributed by atoms with van der Waals surface area (Å²) in [5.41, 5.74) is -0.469. The van der Waals surface area contributed by atoms with E-state index >= 15 is 0 Å². The van der Waals surface area contributed by atoms with E-state index in [-0.39, 0.29) is 0 Å². The quantitative estimate of drug-likeness (QED) is 0.637. The molecule has 0 heterocycles. The second-order valence-corrected chi connectivity index (χ2v) is 4.10. The van der Waals surface area contributed by atoms with Crippen molar-refractivity contribution in [3.05, 3.63) is 0 Å². The molecule has 0 radical (unpaired) electrons. The highest BCUT2D eigenvalue weighted by molar-refractivity contribution is 5.01. The summed E-state index contributed by atoms with van der Waals surface area (Å²) < 4.78 is 0. The van der Waals surface area contributed by atoms with E-state index in [0.29, 0.717) is 5.92 Å². The summed E-state index contributed by atoms with van der Waals surface area (Å²) in [6.07, 6.45) is 2.84. The van der Waals surface area contributed by atoms with Gasteiger partial charge >= 0.3 is 0 Å². The summed E-state index contributed by atoms with van der Waals surface area (Å²) in [7, 11) is 0. The summed E-state index contributed by atoms with van der Waals surface area (Å²) in [5.74, 6) is 7.08. The van der Waals surface area contributed by atoms with Crippen molar-refractivity contribution in [2.24, 2.45) is 11.8 Å². The van der Waals surface area contributed by atoms with E-state index in [9.17, 15) is 5.11 Å². The third-order valence-electron chi connectivity index (χ3n) is 2.84. The molecule has 1 heteroatoms. The molecule has 12 heavy (non-hydrogen) atoms. The fourth-order valence-electron chi connectivity index (χ4n) is 1.81. The van der Waals surface area contributed by atoms with Crippen LogP contribution in [-0.2, 0) is 0 Å². The third kappa shape index (κ3) is 2.25. The Morgan fingerprint density at radius 1 is 1.58 bits per heavy atom. The molecule has 0 spiro atoms. The first-order chi connectivity index (χ1) is 5.58. The zero-order valence-corrected chi connectivity index (χ0v) is 8.22. The molecule has 0 bridgehead atoms. The molecule has 3 unspecified atom stereocenters. The van der Waals surface area contributed by atoms with Gasteiger partial charge in [-0.3, -0.25) is 0 Å². The van der Waals surface area contributed by atoms with Crippen LogP contribution in [0.4, 0.5) is 0 Å². The largest absolute Gasteiger partial charge is 0.390 e. The highest BCUT2D eigenvalue weighted by Gasteiger charge is 2.45. The van der Waals surface area contributed by atoms with E-state index in [0.717, 1.165) is 18.8 Å². The highest BCUT2D eigenvalue weighted by Crippen LogP contribution is 2.47. The molecule has 0 aromatic rings. The molecule has 1 N–H and O–H groups in total. The van der Waals surface area contributed by atoms with Crippen LogP contribution < -0.4 is 0 Å². The molecule has 0 amide bonds. The second-order valence-electron chi connectivity index (χ2n) is 4.10. The Hall–Kier alpha value is -0.480. The molecule has 68 valence electrons. The molecule has 0 aromatic carbocycles. The predicted octanol–water partition coefficient (Wildman–Crippen LogP) is 2.20. The van der Waals surface area contributed by atoms with Gasteiger partial charge in [0.1, 0.15) is 0 Å². The van der Waals surface area contributed by atoms with E-state index in [2.05, 4.69) is 18.8 Å². The summed E-state index contributed by atoms with van der Waals surface area (Å²) >= 11 is 0. The Morgan fingerprint density at radius 2 is 2.17 bits per heavy atom. The molecule has 1 saturated carbocycles. The molecule has 1 nitrogen and oxygen atoms in total. The van der Waals surface area contributed by atoms with Gasteiger partial charge in [-0.25, -0.2) is 0 Å². The number of rotatable bonds is 3. The first-order valence-corrected chi connectivity index (χ1v) is 4.70. The predicted molar refractivity (Wildman–Crippen MR) is 50.6 cm³/mol. The van der Waals surface area contributed by atoms with Gasteiger partial charge in [0, 0.05) is 6.42 Å². The molecular weight excluding hydrogens is 148 g/mol. The maximum absolute atomic E-state index is 9.98. The van der Waals surface area contributed by atoms with Crippen molar-refractivity contribution in [3.8, 4) is 11.8 Å². The van der Waals surface area contributed by atoms with Crippen LogP contribution in [0.2, 0.25) is 0 Å². The van der Waals surface area contributed by atoms with Crippen LogP contribution in [-0.4, -0.2) is 10.7 Å². The second kappa shape index (κ2) is 3.49. The van der Waals surface area contributed by atoms with Crippen LogP contribution in [0, 0.1) is 23.7 Å². The zero-order valence-electron chi connectivity index (χ0n) is 8.22. The molecular formula is C11H18O. The van der Waals surface area contributed by atoms with Gasteiger partial charge in [0.15, 0.2) is 0 Å². The fourth-order valence-corrected chi connectivity index (χ4v) is 1.81. The topological polar surface area (TPSA) is 20.2 Å². The van der Waals surface area contributed by atoms with Crippen LogP contribution in [0.25, 0.3) is 0 Å². The summed E-state index contributed by atoms with van der Waals surface area (Å²) in [6.45, 7) is 5.98. The van der Waals surface area contributed by atoms with Crippen LogP contribution in [0.3, 0.4) is 0 Å². The maximum atomic E-state index is 9.98. The van der Waals surface area contributed by atoms with Crippen molar-refractivity contribution in [2.45, 2.75) is 45.6 Å². The van der Waals surface area contributed by atoms with Gasteiger partial charge in [0.05, 0.1) is 5.60 Å². The normalized spacial score (nSPS) is 31.7. The number of hydrogen-bond donors (Lipinski definition) is 1. The average Bonchev–Trinajstić information content (AvgIpc) is 2.68. The Balaban J connectivity index is 2.31. The maximum Gasteiger partial charge on any atom is 0.0659 e. The molecule has 1 fully saturated rings. The fraction of sp³-hybridized carbons (Fsp3) is 0.818. The molecule has 0 aliphatic heterocycles. The lowest BCUT2D eigenvalue weighted by Crippen LogP contribution is -2.27. The molecule has 1 aliphatic carbocycles. The summed E-state index contributed by atoms with van der Waals surface area (Å²) in [6, 6.07) is 0. The van der Waals surface area contributed by atoms with Crippen molar-refractivity contribution in [1.82, 2.24) is 0 Å². The average molecular weight is 166 g/mol. The molecule has 1 rings (SSSR count). The minimum Gasteiger partial charge on any atom is -0.390 e. The van der Waals surface area contributed by atoms with Gasteiger partial charge in [-0.15, -0.1) is 11.8 Å². The van der Waals surface area contributed by atoms with Gasteiger partial charge in [0.2, 0.25) is 0 Å². The monoisotopic (exact) mass is 166 g/mol. The van der Waals surface area contributed by atoms with E-state index in [4.69, 9.17) is 0 Å². The van der Waals surface area contributed by atoms with Crippen LogP contribution in [0.15, 0.2) is 0 Å². The van der Waals surface area contributed by atoms with E-state index < -0.39 is 5.60 Å². The first kappa shape index (κ1) is 9.61. The van der Waals surface area contributed by atoms with Gasteiger partial charge < -0.3 is 5.11 Å². The van der Waals surface area contributed by atoms with Crippen molar-refractivity contribution in [1.29, 1.82) is 0 Å². The molecule has 3 atom stereocenters. The van der Waals surface area contributed by atoms with Crippen LogP contribution in [0.1, 0.15) is 40.0 Å². The number of aliphatic hydroxyl groups is 1. The Kier molecular flexibility index (Phi) is 2.80. The van der Waals surface area contributed by atoms with Gasteiger partial charge in [0.25, 0.3) is 0 Å². The van der Waals surface area contributed by atoms with E-state index in [1.54, 1.807) is 0 Å². The standard InChI is InChI=1S/C11H18O/c1-4-5-6-7-11(3,12)10-8-9(10)2/h9-10,12H,6-8H2,1-3H3. The van der Waals surface area contributed by atoms with Crippen molar-refractivity contribution in [3.63, 3.8) is 0 Å². The molecule has 0 aromatic heterocycles. The van der Waals surface area contributed by atoms with Crippen LogP contribution >= 0.6 is 0 Å². The van der Waals surface area contributed by atoms with Crippen molar-refractivity contribution < 1.29 is 5.11 Å². The highest BCUT2D eigenvalue weighted by atomic mass is 16.3. The Bertz CT molecular complexity index is 207. The number of hydrogen-bond acceptors (Lipinski definition) is 1. The van der Waals surface area contributed by atoms with Crippen LogP contribution in [0.5, 0.6) is 0 Å². The third-order valence-corrected chi connectivity index (χ3v) is 2.84. The van der Waals surface area contributed by atoms with Gasteiger partial charge in [-0.1, -0.05) is 6.92 Å². The minimum absolute atomic E-state index is 0.469. The Morgan fingerprint density at radius 3 is 2.58 bits per heavy atom. The summed E-state index contributed by atoms with van der Waals surface area (Å²) in [4.78, 5) is 0. The van der Waals surface area contributed by atoms with E-state index in [1.807, 2.05) is 13.8 Å². The summed E-state index contributed by atoms with van der Waals surface area (Å²) in [5, 5.41) is 9.98. The van der Waals surface area contributed by atoms with Gasteiger partial charge in [-0.05, 0) is 38.5 Å². The smallest absolute Gasteiger partial charge is 0.0659 e. The van der Waals surface area contributed by atoms with Crippen molar-refractivity contribution >= 4 is 0 Å².